The van der Waals surface area contributed by atoms with E-state index in [1.54, 1.807) is 44.2 Å². The lowest BCUT2D eigenvalue weighted by Gasteiger charge is -2.19. The van der Waals surface area contributed by atoms with E-state index >= 15 is 0 Å². The molecule has 0 atom stereocenters. The molecule has 38 heavy (non-hydrogen) atoms. The van der Waals surface area contributed by atoms with Crippen LogP contribution >= 0.6 is 0 Å². The van der Waals surface area contributed by atoms with Gasteiger partial charge < -0.3 is 14.6 Å². The summed E-state index contributed by atoms with van der Waals surface area (Å²) in [6.45, 7) is 3.12. The monoisotopic (exact) mass is 537 g/mol. The second-order valence-corrected chi connectivity index (χ2v) is 11.6. The van der Waals surface area contributed by atoms with E-state index in [9.17, 15) is 22.8 Å². The fraction of sp³-hybridized carbons (Fsp3) is 0.346. The third-order valence-corrected chi connectivity index (χ3v) is 8.62. The number of benzene rings is 1. The summed E-state index contributed by atoms with van der Waals surface area (Å²) in [5, 5.41) is 12.1. The summed E-state index contributed by atoms with van der Waals surface area (Å²) >= 11 is 0. The molecule has 0 unspecified atom stereocenters. The molecule has 1 aliphatic rings. The van der Waals surface area contributed by atoms with Gasteiger partial charge in [-0.3, -0.25) is 19.1 Å². The maximum absolute atomic E-state index is 13.1. The van der Waals surface area contributed by atoms with Crippen molar-refractivity contribution in [2.75, 3.05) is 6.61 Å². The first-order valence-corrected chi connectivity index (χ1v) is 13.4. The minimum Gasteiger partial charge on any atom is -0.474 e. The van der Waals surface area contributed by atoms with Crippen LogP contribution in [0.4, 0.5) is 0 Å². The molecule has 2 heterocycles. The van der Waals surface area contributed by atoms with Crippen molar-refractivity contribution >= 4 is 32.7 Å². The van der Waals surface area contributed by atoms with Crippen molar-refractivity contribution in [2.45, 2.75) is 38.0 Å². The molecular formula is C26H27N5O6S. The number of nitrogens with zero attached hydrogens (tertiary/aromatic N) is 3. The van der Waals surface area contributed by atoms with Gasteiger partial charge in [0.2, 0.25) is 21.8 Å². The van der Waals surface area contributed by atoms with Crippen LogP contribution in [0.3, 0.4) is 0 Å². The van der Waals surface area contributed by atoms with Crippen LogP contribution in [-0.2, 0) is 28.4 Å². The number of nitriles is 1. The number of carbonyl (C=O) groups is 2. The Morgan fingerprint density at radius 2 is 1.89 bits per heavy atom. The molecule has 11 nitrogen and oxygen atoms in total. The SMILES string of the molecule is CC(C)C(=O)NS(=O)(=O)C1(COc2nccc3cc(C(=O)NCc4ccc(C#N)cc4)c(=O)n(C)c23)CC1. The summed E-state index contributed by atoms with van der Waals surface area (Å²) in [4.78, 5) is 42.1. The van der Waals surface area contributed by atoms with Gasteiger partial charge in [-0.2, -0.15) is 5.26 Å². The minimum atomic E-state index is -3.98. The normalized spacial score (nSPS) is 14.1. The average molecular weight is 538 g/mol. The lowest BCUT2D eigenvalue weighted by atomic mass is 10.1. The van der Waals surface area contributed by atoms with Crippen LogP contribution in [0.25, 0.3) is 10.9 Å². The van der Waals surface area contributed by atoms with Gasteiger partial charge in [-0.1, -0.05) is 26.0 Å². The first-order chi connectivity index (χ1) is 18.0. The van der Waals surface area contributed by atoms with E-state index in [2.05, 4.69) is 15.0 Å². The molecule has 1 aromatic carbocycles. The van der Waals surface area contributed by atoms with E-state index in [-0.39, 0.29) is 24.6 Å². The Hall–Kier alpha value is -4.24. The van der Waals surface area contributed by atoms with Gasteiger partial charge in [0, 0.05) is 31.1 Å². The lowest BCUT2D eigenvalue weighted by molar-refractivity contribution is -0.122. The van der Waals surface area contributed by atoms with Gasteiger partial charge in [0.25, 0.3) is 11.5 Å². The van der Waals surface area contributed by atoms with Gasteiger partial charge in [0.15, 0.2) is 0 Å². The van der Waals surface area contributed by atoms with E-state index in [0.717, 1.165) is 5.56 Å². The van der Waals surface area contributed by atoms with Gasteiger partial charge in [0.1, 0.15) is 22.4 Å². The van der Waals surface area contributed by atoms with Crippen LogP contribution in [0, 0.1) is 17.2 Å². The van der Waals surface area contributed by atoms with Crippen LogP contribution in [0.15, 0.2) is 47.4 Å². The Morgan fingerprint density at radius 3 is 2.50 bits per heavy atom. The van der Waals surface area contributed by atoms with Crippen molar-refractivity contribution in [2.24, 2.45) is 13.0 Å². The number of sulfonamides is 1. The quantitative estimate of drug-likeness (QED) is 0.417. The van der Waals surface area contributed by atoms with Gasteiger partial charge >= 0.3 is 0 Å². The minimum absolute atomic E-state index is 0.0447. The summed E-state index contributed by atoms with van der Waals surface area (Å²) in [5.41, 5.74) is 0.915. The van der Waals surface area contributed by atoms with Crippen molar-refractivity contribution < 1.29 is 22.7 Å². The topological polar surface area (TPSA) is 160 Å². The zero-order valence-electron chi connectivity index (χ0n) is 21.1. The zero-order valence-corrected chi connectivity index (χ0v) is 22.0. The maximum Gasteiger partial charge on any atom is 0.263 e. The molecule has 2 amide bonds. The van der Waals surface area contributed by atoms with Crippen LogP contribution < -0.4 is 20.3 Å². The molecule has 4 rings (SSSR count). The third kappa shape index (κ3) is 5.24. The molecule has 0 saturated heterocycles. The number of rotatable bonds is 9. The number of aryl methyl sites for hydroxylation is 1. The second kappa shape index (κ2) is 10.3. The van der Waals surface area contributed by atoms with Crippen LogP contribution in [0.2, 0.25) is 0 Å². The Kier molecular flexibility index (Phi) is 7.24. The number of fused-ring (bicyclic) bond motifs is 1. The molecule has 1 saturated carbocycles. The number of hydrogen-bond donors (Lipinski definition) is 2. The Bertz CT molecular complexity index is 1620. The molecule has 3 aromatic rings. The lowest BCUT2D eigenvalue weighted by Crippen LogP contribution is -2.44. The Balaban J connectivity index is 1.54. The summed E-state index contributed by atoms with van der Waals surface area (Å²) < 4.78 is 33.5. The van der Waals surface area contributed by atoms with Gasteiger partial charge in [-0.15, -0.1) is 0 Å². The first-order valence-electron chi connectivity index (χ1n) is 11.9. The number of ether oxygens (including phenoxy) is 1. The molecular weight excluding hydrogens is 510 g/mol. The number of hydrogen-bond acceptors (Lipinski definition) is 8. The molecule has 0 radical (unpaired) electrons. The van der Waals surface area contributed by atoms with Crippen LogP contribution in [-0.4, -0.2) is 41.1 Å². The summed E-state index contributed by atoms with van der Waals surface area (Å²) in [5.74, 6) is -1.61. The molecule has 12 heteroatoms. The van der Waals surface area contributed by atoms with E-state index < -0.39 is 38.1 Å². The molecule has 2 aromatic heterocycles. The summed E-state index contributed by atoms with van der Waals surface area (Å²) in [7, 11) is -2.50. The number of carbonyl (C=O) groups excluding carboxylic acids is 2. The largest absolute Gasteiger partial charge is 0.474 e. The molecule has 2 N–H and O–H groups in total. The molecule has 1 fully saturated rings. The standard InChI is InChI=1S/C26H27N5O6S/c1-16(2)22(32)30-38(35,36)26(9-10-26)15-37-24-21-19(8-11-28-24)12-20(25(34)31(21)3)23(33)29-14-18-6-4-17(13-27)5-7-18/h4-8,11-12,16H,9-10,14-15H2,1-3H3,(H,29,33)(H,30,32). The number of aromatic nitrogens is 2. The van der Waals surface area contributed by atoms with Gasteiger partial charge in [-0.25, -0.2) is 13.4 Å². The fourth-order valence-electron chi connectivity index (χ4n) is 3.83. The third-order valence-electron chi connectivity index (χ3n) is 6.48. The summed E-state index contributed by atoms with van der Waals surface area (Å²) in [6.07, 6.45) is 2.08. The number of amides is 2. The van der Waals surface area contributed by atoms with Crippen molar-refractivity contribution in [3.05, 3.63) is 69.6 Å². The van der Waals surface area contributed by atoms with Crippen molar-refractivity contribution in [3.63, 3.8) is 0 Å². The van der Waals surface area contributed by atoms with E-state index in [1.807, 2.05) is 6.07 Å². The summed E-state index contributed by atoms with van der Waals surface area (Å²) in [6, 6.07) is 11.8. The van der Waals surface area contributed by atoms with Crippen LogP contribution in [0.1, 0.15) is 48.2 Å². The van der Waals surface area contributed by atoms with Gasteiger partial charge in [0.05, 0.1) is 11.6 Å². The molecule has 198 valence electrons. The molecule has 0 spiro atoms. The smallest absolute Gasteiger partial charge is 0.263 e. The van der Waals surface area contributed by atoms with E-state index in [1.165, 1.54) is 23.9 Å². The zero-order chi connectivity index (χ0) is 27.7. The predicted molar refractivity (Wildman–Crippen MR) is 139 cm³/mol. The predicted octanol–water partition coefficient (Wildman–Crippen LogP) is 1.75. The van der Waals surface area contributed by atoms with Gasteiger partial charge in [-0.05, 0) is 42.7 Å². The second-order valence-electron chi connectivity index (χ2n) is 9.56. The van der Waals surface area contributed by atoms with E-state index in [4.69, 9.17) is 10.00 Å². The Morgan fingerprint density at radius 1 is 1.21 bits per heavy atom. The van der Waals surface area contributed by atoms with Crippen LogP contribution in [0.5, 0.6) is 5.88 Å². The maximum atomic E-state index is 13.1. The molecule has 1 aliphatic carbocycles. The molecule has 0 bridgehead atoms. The highest BCUT2D eigenvalue weighted by Crippen LogP contribution is 2.43. The highest BCUT2D eigenvalue weighted by Gasteiger charge is 2.56. The number of nitrogens with one attached hydrogen (secondary N) is 2. The van der Waals surface area contributed by atoms with Crippen molar-refractivity contribution in [1.29, 1.82) is 5.26 Å². The van der Waals surface area contributed by atoms with Crippen molar-refractivity contribution in [1.82, 2.24) is 19.6 Å². The molecule has 0 aliphatic heterocycles. The highest BCUT2D eigenvalue weighted by atomic mass is 32.2. The highest BCUT2D eigenvalue weighted by molar-refractivity contribution is 7.91. The van der Waals surface area contributed by atoms with E-state index in [0.29, 0.717) is 29.3 Å². The first kappa shape index (κ1) is 26.8. The fourth-order valence-corrected chi connectivity index (χ4v) is 5.40. The Labute approximate surface area is 219 Å². The average Bonchev–Trinajstić information content (AvgIpc) is 3.70. The number of pyridine rings is 2. The van der Waals surface area contributed by atoms with Crippen molar-refractivity contribution in [3.8, 4) is 11.9 Å².